The van der Waals surface area contributed by atoms with Crippen LogP contribution >= 0.6 is 11.6 Å². The van der Waals surface area contributed by atoms with Crippen LogP contribution < -0.4 is 0 Å². The standard InChI is InChI=1S/C13H25ClN2O4S/c1-13(2,3)20-12(17)15-7-9-16(10-8-15)21(18,19)11-5-4-6-14/h4-11H2,1-3H3. The number of sulfonamides is 1. The summed E-state index contributed by atoms with van der Waals surface area (Å²) in [5, 5.41) is 0. The number of carbonyl (C=O) groups excluding carboxylic acids is 1. The number of hydrogen-bond acceptors (Lipinski definition) is 4. The summed E-state index contributed by atoms with van der Waals surface area (Å²) in [4.78, 5) is 13.5. The molecule has 0 saturated carbocycles. The third kappa shape index (κ3) is 6.40. The van der Waals surface area contributed by atoms with Crippen LogP contribution in [-0.2, 0) is 14.8 Å². The Bertz CT molecular complexity index is 440. The van der Waals surface area contributed by atoms with Crippen molar-refractivity contribution in [2.24, 2.45) is 0 Å². The van der Waals surface area contributed by atoms with Crippen molar-refractivity contribution >= 4 is 27.7 Å². The van der Waals surface area contributed by atoms with Gasteiger partial charge in [0.15, 0.2) is 0 Å². The molecule has 21 heavy (non-hydrogen) atoms. The van der Waals surface area contributed by atoms with E-state index in [1.54, 1.807) is 4.90 Å². The number of amides is 1. The zero-order chi connectivity index (χ0) is 16.1. The molecule has 0 aliphatic carbocycles. The molecule has 1 heterocycles. The van der Waals surface area contributed by atoms with Crippen LogP contribution in [-0.4, -0.2) is 67.1 Å². The summed E-state index contributed by atoms with van der Waals surface area (Å²) in [6.07, 6.45) is 0.873. The van der Waals surface area contributed by atoms with E-state index in [4.69, 9.17) is 16.3 Å². The maximum atomic E-state index is 12.1. The molecule has 1 fully saturated rings. The fraction of sp³-hybridized carbons (Fsp3) is 0.923. The molecule has 0 bridgehead atoms. The molecule has 1 aliphatic heterocycles. The lowest BCUT2D eigenvalue weighted by atomic mass is 10.2. The van der Waals surface area contributed by atoms with Crippen LogP contribution in [0.15, 0.2) is 0 Å². The van der Waals surface area contributed by atoms with Gasteiger partial charge in [0.25, 0.3) is 0 Å². The molecule has 0 aromatic heterocycles. The lowest BCUT2D eigenvalue weighted by Crippen LogP contribution is -2.52. The first-order chi connectivity index (χ1) is 9.65. The Balaban J connectivity index is 2.46. The number of halogens is 1. The van der Waals surface area contributed by atoms with Gasteiger partial charge in [0.05, 0.1) is 5.75 Å². The van der Waals surface area contributed by atoms with Crippen molar-refractivity contribution in [2.75, 3.05) is 37.8 Å². The van der Waals surface area contributed by atoms with Crippen LogP contribution in [0.4, 0.5) is 4.79 Å². The van der Waals surface area contributed by atoms with E-state index in [0.717, 1.165) is 0 Å². The molecule has 0 unspecified atom stereocenters. The zero-order valence-electron chi connectivity index (χ0n) is 13.0. The number of nitrogens with zero attached hydrogens (tertiary/aromatic N) is 2. The maximum Gasteiger partial charge on any atom is 0.410 e. The van der Waals surface area contributed by atoms with E-state index in [1.165, 1.54) is 4.31 Å². The normalized spacial score (nSPS) is 17.8. The van der Waals surface area contributed by atoms with Gasteiger partial charge >= 0.3 is 6.09 Å². The SMILES string of the molecule is CC(C)(C)OC(=O)N1CCN(S(=O)(=O)CCCCCl)CC1. The van der Waals surface area contributed by atoms with E-state index < -0.39 is 15.6 Å². The van der Waals surface area contributed by atoms with Crippen molar-refractivity contribution in [1.29, 1.82) is 0 Å². The molecule has 0 spiro atoms. The number of alkyl halides is 1. The first-order valence-corrected chi connectivity index (χ1v) is 9.32. The third-order valence-corrected chi connectivity index (χ3v) is 5.29. The first kappa shape index (κ1) is 18.5. The fourth-order valence-corrected chi connectivity index (χ4v) is 3.72. The maximum absolute atomic E-state index is 12.1. The Morgan fingerprint density at radius 2 is 1.71 bits per heavy atom. The molecule has 0 aromatic carbocycles. The summed E-state index contributed by atoms with van der Waals surface area (Å²) in [6.45, 7) is 6.80. The summed E-state index contributed by atoms with van der Waals surface area (Å²) < 4.78 is 31.0. The van der Waals surface area contributed by atoms with Gasteiger partial charge in [-0.25, -0.2) is 13.2 Å². The smallest absolute Gasteiger partial charge is 0.410 e. The Hall–Kier alpha value is -0.530. The predicted molar refractivity (Wildman–Crippen MR) is 83.1 cm³/mol. The number of unbranched alkanes of at least 4 members (excludes halogenated alkanes) is 1. The second kappa shape index (κ2) is 7.65. The molecule has 0 aromatic rings. The van der Waals surface area contributed by atoms with Crippen LogP contribution in [0.5, 0.6) is 0 Å². The minimum atomic E-state index is -3.24. The molecule has 124 valence electrons. The Labute approximate surface area is 132 Å². The molecule has 1 saturated heterocycles. The summed E-state index contributed by atoms with van der Waals surface area (Å²) in [7, 11) is -3.24. The average molecular weight is 341 g/mol. The van der Waals surface area contributed by atoms with Crippen molar-refractivity contribution in [3.8, 4) is 0 Å². The highest BCUT2D eigenvalue weighted by atomic mass is 35.5. The minimum Gasteiger partial charge on any atom is -0.444 e. The molecular formula is C13H25ClN2O4S. The monoisotopic (exact) mass is 340 g/mol. The second-order valence-corrected chi connectivity index (χ2v) is 8.54. The summed E-state index contributed by atoms with van der Waals surface area (Å²) in [5.74, 6) is 0.591. The van der Waals surface area contributed by atoms with Crippen molar-refractivity contribution in [3.63, 3.8) is 0 Å². The lowest BCUT2D eigenvalue weighted by Gasteiger charge is -2.35. The van der Waals surface area contributed by atoms with E-state index in [9.17, 15) is 13.2 Å². The van der Waals surface area contributed by atoms with E-state index in [2.05, 4.69) is 0 Å². The summed E-state index contributed by atoms with van der Waals surface area (Å²) in [5.41, 5.74) is -0.540. The molecule has 8 heteroatoms. The first-order valence-electron chi connectivity index (χ1n) is 7.17. The van der Waals surface area contributed by atoms with Gasteiger partial charge in [0.1, 0.15) is 5.60 Å². The summed E-state index contributed by atoms with van der Waals surface area (Å²) >= 11 is 5.56. The Kier molecular flexibility index (Phi) is 6.74. The topological polar surface area (TPSA) is 66.9 Å². The highest BCUT2D eigenvalue weighted by Gasteiger charge is 2.30. The van der Waals surface area contributed by atoms with Crippen molar-refractivity contribution < 1.29 is 17.9 Å². The third-order valence-electron chi connectivity index (χ3n) is 3.07. The number of carbonyl (C=O) groups is 1. The largest absolute Gasteiger partial charge is 0.444 e. The highest BCUT2D eigenvalue weighted by Crippen LogP contribution is 2.14. The van der Waals surface area contributed by atoms with Crippen molar-refractivity contribution in [1.82, 2.24) is 9.21 Å². The quantitative estimate of drug-likeness (QED) is 0.566. The molecule has 1 amide bonds. The number of rotatable bonds is 5. The van der Waals surface area contributed by atoms with E-state index >= 15 is 0 Å². The van der Waals surface area contributed by atoms with Gasteiger partial charge in [0.2, 0.25) is 10.0 Å². The molecule has 0 atom stereocenters. The van der Waals surface area contributed by atoms with E-state index in [-0.39, 0.29) is 11.8 Å². The number of ether oxygens (including phenoxy) is 1. The van der Waals surface area contributed by atoms with Crippen LogP contribution in [0.3, 0.4) is 0 Å². The van der Waals surface area contributed by atoms with Crippen LogP contribution in [0, 0.1) is 0 Å². The van der Waals surface area contributed by atoms with Gasteiger partial charge in [-0.15, -0.1) is 11.6 Å². The van der Waals surface area contributed by atoms with Gasteiger partial charge in [-0.3, -0.25) is 0 Å². The molecule has 1 rings (SSSR count). The van der Waals surface area contributed by atoms with Crippen molar-refractivity contribution in [2.45, 2.75) is 39.2 Å². The van der Waals surface area contributed by atoms with Gasteiger partial charge in [-0.1, -0.05) is 0 Å². The number of hydrogen-bond donors (Lipinski definition) is 0. The molecule has 1 aliphatic rings. The van der Waals surface area contributed by atoms with Gasteiger partial charge in [0, 0.05) is 32.1 Å². The molecule has 6 nitrogen and oxygen atoms in total. The molecular weight excluding hydrogens is 316 g/mol. The Morgan fingerprint density at radius 3 is 2.19 bits per heavy atom. The predicted octanol–water partition coefficient (Wildman–Crippen LogP) is 1.89. The zero-order valence-corrected chi connectivity index (χ0v) is 14.5. The van der Waals surface area contributed by atoms with Gasteiger partial charge in [-0.2, -0.15) is 4.31 Å². The summed E-state index contributed by atoms with van der Waals surface area (Å²) in [6, 6.07) is 0. The van der Waals surface area contributed by atoms with Crippen LogP contribution in [0.2, 0.25) is 0 Å². The van der Waals surface area contributed by atoms with Crippen LogP contribution in [0.1, 0.15) is 33.6 Å². The highest BCUT2D eigenvalue weighted by molar-refractivity contribution is 7.89. The Morgan fingerprint density at radius 1 is 1.14 bits per heavy atom. The lowest BCUT2D eigenvalue weighted by molar-refractivity contribution is 0.0192. The second-order valence-electron chi connectivity index (χ2n) is 6.08. The fourth-order valence-electron chi connectivity index (χ4n) is 1.98. The number of piperazine rings is 1. The van der Waals surface area contributed by atoms with E-state index in [1.807, 2.05) is 20.8 Å². The van der Waals surface area contributed by atoms with Gasteiger partial charge < -0.3 is 9.64 Å². The van der Waals surface area contributed by atoms with Gasteiger partial charge in [-0.05, 0) is 33.6 Å². The minimum absolute atomic E-state index is 0.117. The van der Waals surface area contributed by atoms with Crippen LogP contribution in [0.25, 0.3) is 0 Å². The average Bonchev–Trinajstić information content (AvgIpc) is 2.37. The molecule has 0 N–H and O–H groups in total. The van der Waals surface area contributed by atoms with E-state index in [0.29, 0.717) is 44.9 Å². The molecule has 0 radical (unpaired) electrons. The van der Waals surface area contributed by atoms with Crippen molar-refractivity contribution in [3.05, 3.63) is 0 Å².